The molecule has 0 aliphatic rings. The number of halogens is 1. The first-order chi connectivity index (χ1) is 9.55. The zero-order chi connectivity index (χ0) is 14.6. The number of benzene rings is 2. The molecule has 2 heteroatoms. The van der Waals surface area contributed by atoms with Crippen LogP contribution < -0.4 is 5.32 Å². The molecule has 0 aliphatic carbocycles. The van der Waals surface area contributed by atoms with Crippen LogP contribution in [0.2, 0.25) is 0 Å². The molecule has 1 N–H and O–H groups in total. The Morgan fingerprint density at radius 1 is 1.00 bits per heavy atom. The van der Waals surface area contributed by atoms with Gasteiger partial charge in [-0.05, 0) is 29.8 Å². The van der Waals surface area contributed by atoms with Crippen LogP contribution in [0.25, 0.3) is 0 Å². The van der Waals surface area contributed by atoms with E-state index in [4.69, 9.17) is 0 Å². The number of nitrogens with one attached hydrogen (secondary N) is 1. The van der Waals surface area contributed by atoms with E-state index in [-0.39, 0.29) is 5.41 Å². The van der Waals surface area contributed by atoms with E-state index in [0.717, 1.165) is 11.0 Å². The molecule has 0 heterocycles. The summed E-state index contributed by atoms with van der Waals surface area (Å²) < 4.78 is 1.12. The van der Waals surface area contributed by atoms with Crippen LogP contribution in [0.5, 0.6) is 0 Å². The molecule has 0 fully saturated rings. The molecule has 2 aromatic rings. The molecule has 1 atom stereocenters. The van der Waals surface area contributed by atoms with Gasteiger partial charge in [0.25, 0.3) is 0 Å². The number of hydrogen-bond donors (Lipinski definition) is 1. The van der Waals surface area contributed by atoms with Crippen molar-refractivity contribution in [1.29, 1.82) is 0 Å². The molecule has 2 aromatic carbocycles. The molecule has 2 rings (SSSR count). The van der Waals surface area contributed by atoms with Crippen LogP contribution in [0.15, 0.2) is 59.1 Å². The van der Waals surface area contributed by atoms with Gasteiger partial charge in [0.15, 0.2) is 0 Å². The average Bonchev–Trinajstić information content (AvgIpc) is 2.47. The molecule has 0 saturated carbocycles. The fraction of sp³-hybridized carbons (Fsp3) is 0.333. The average molecular weight is 332 g/mol. The van der Waals surface area contributed by atoms with Gasteiger partial charge in [0.05, 0.1) is 0 Å². The molecular formula is C18H22BrN. The zero-order valence-corrected chi connectivity index (χ0v) is 13.9. The molecule has 0 aliphatic heterocycles. The van der Waals surface area contributed by atoms with Gasteiger partial charge < -0.3 is 5.32 Å². The van der Waals surface area contributed by atoms with Crippen molar-refractivity contribution in [2.24, 2.45) is 0 Å². The second kappa shape index (κ2) is 6.55. The topological polar surface area (TPSA) is 12.0 Å². The third-order valence-corrected chi connectivity index (χ3v) is 4.38. The fourth-order valence-electron chi connectivity index (χ4n) is 2.68. The highest BCUT2D eigenvalue weighted by Gasteiger charge is 2.31. The first-order valence-electron chi connectivity index (χ1n) is 7.10. The molecule has 0 saturated heterocycles. The highest BCUT2D eigenvalue weighted by atomic mass is 79.9. The Kier molecular flexibility index (Phi) is 5.00. The first kappa shape index (κ1) is 15.3. The summed E-state index contributed by atoms with van der Waals surface area (Å²) in [4.78, 5) is 0. The SMILES string of the molecule is CCNC(c1ccc(Br)cc1)C(C)(C)c1ccccc1. The van der Waals surface area contributed by atoms with Crippen LogP contribution in [0.4, 0.5) is 0 Å². The molecule has 0 radical (unpaired) electrons. The van der Waals surface area contributed by atoms with Crippen LogP contribution in [-0.4, -0.2) is 6.54 Å². The summed E-state index contributed by atoms with van der Waals surface area (Å²) in [5.41, 5.74) is 2.71. The quantitative estimate of drug-likeness (QED) is 0.805. The highest BCUT2D eigenvalue weighted by Crippen LogP contribution is 2.37. The van der Waals surface area contributed by atoms with Crippen molar-refractivity contribution >= 4 is 15.9 Å². The van der Waals surface area contributed by atoms with E-state index in [1.807, 2.05) is 0 Å². The Bertz CT molecular complexity index is 531. The number of hydrogen-bond acceptors (Lipinski definition) is 1. The molecular weight excluding hydrogens is 310 g/mol. The summed E-state index contributed by atoms with van der Waals surface area (Å²) in [6, 6.07) is 19.6. The van der Waals surface area contributed by atoms with Crippen molar-refractivity contribution in [3.63, 3.8) is 0 Å². The Balaban J connectivity index is 2.39. The molecule has 1 unspecified atom stereocenters. The van der Waals surface area contributed by atoms with E-state index in [2.05, 4.69) is 96.6 Å². The van der Waals surface area contributed by atoms with Crippen molar-refractivity contribution in [3.05, 3.63) is 70.2 Å². The Labute approximate surface area is 130 Å². The summed E-state index contributed by atoms with van der Waals surface area (Å²) in [5.74, 6) is 0. The van der Waals surface area contributed by atoms with E-state index in [9.17, 15) is 0 Å². The van der Waals surface area contributed by atoms with Gasteiger partial charge in [-0.2, -0.15) is 0 Å². The van der Waals surface area contributed by atoms with Crippen LogP contribution in [0.3, 0.4) is 0 Å². The van der Waals surface area contributed by atoms with Crippen molar-refractivity contribution in [2.45, 2.75) is 32.2 Å². The lowest BCUT2D eigenvalue weighted by molar-refractivity contribution is 0.354. The maximum Gasteiger partial charge on any atom is 0.0412 e. The molecule has 0 spiro atoms. The second-order valence-corrected chi connectivity index (χ2v) is 6.55. The monoisotopic (exact) mass is 331 g/mol. The van der Waals surface area contributed by atoms with Gasteiger partial charge in [-0.15, -0.1) is 0 Å². The number of rotatable bonds is 5. The van der Waals surface area contributed by atoms with E-state index in [1.165, 1.54) is 11.1 Å². The van der Waals surface area contributed by atoms with Crippen molar-refractivity contribution in [1.82, 2.24) is 5.32 Å². The van der Waals surface area contributed by atoms with Crippen LogP contribution in [0, 0.1) is 0 Å². The molecule has 0 aromatic heterocycles. The minimum Gasteiger partial charge on any atom is -0.309 e. The molecule has 0 bridgehead atoms. The van der Waals surface area contributed by atoms with Crippen molar-refractivity contribution in [3.8, 4) is 0 Å². The fourth-order valence-corrected chi connectivity index (χ4v) is 2.95. The van der Waals surface area contributed by atoms with Gasteiger partial charge in [0.1, 0.15) is 0 Å². The van der Waals surface area contributed by atoms with E-state index in [0.29, 0.717) is 6.04 Å². The standard InChI is InChI=1S/C18H22BrN/c1-4-20-17(14-10-12-16(19)13-11-14)18(2,3)15-8-6-5-7-9-15/h5-13,17,20H,4H2,1-3H3. The Morgan fingerprint density at radius 3 is 2.15 bits per heavy atom. The molecule has 106 valence electrons. The smallest absolute Gasteiger partial charge is 0.0412 e. The van der Waals surface area contributed by atoms with Gasteiger partial charge in [0.2, 0.25) is 0 Å². The largest absolute Gasteiger partial charge is 0.309 e. The maximum absolute atomic E-state index is 3.64. The van der Waals surface area contributed by atoms with E-state index >= 15 is 0 Å². The Morgan fingerprint density at radius 2 is 1.60 bits per heavy atom. The summed E-state index contributed by atoms with van der Waals surface area (Å²) in [5, 5.41) is 3.64. The third kappa shape index (κ3) is 3.31. The summed E-state index contributed by atoms with van der Waals surface area (Å²) >= 11 is 3.51. The van der Waals surface area contributed by atoms with Gasteiger partial charge in [0, 0.05) is 15.9 Å². The molecule has 0 amide bonds. The summed E-state index contributed by atoms with van der Waals surface area (Å²) in [6.45, 7) is 7.72. The zero-order valence-electron chi connectivity index (χ0n) is 12.4. The minimum absolute atomic E-state index is 0.0328. The van der Waals surface area contributed by atoms with E-state index < -0.39 is 0 Å². The lowest BCUT2D eigenvalue weighted by atomic mass is 9.75. The van der Waals surface area contributed by atoms with Crippen LogP contribution in [0.1, 0.15) is 37.9 Å². The van der Waals surface area contributed by atoms with Crippen LogP contribution in [-0.2, 0) is 5.41 Å². The van der Waals surface area contributed by atoms with Gasteiger partial charge in [-0.3, -0.25) is 0 Å². The summed E-state index contributed by atoms with van der Waals surface area (Å²) in [7, 11) is 0. The molecule has 20 heavy (non-hydrogen) atoms. The maximum atomic E-state index is 3.64. The van der Waals surface area contributed by atoms with Gasteiger partial charge in [-0.25, -0.2) is 0 Å². The lowest BCUT2D eigenvalue weighted by Crippen LogP contribution is -2.37. The van der Waals surface area contributed by atoms with Crippen molar-refractivity contribution < 1.29 is 0 Å². The Hall–Kier alpha value is -1.12. The lowest BCUT2D eigenvalue weighted by Gasteiger charge is -2.36. The third-order valence-electron chi connectivity index (χ3n) is 3.85. The predicted molar refractivity (Wildman–Crippen MR) is 90.0 cm³/mol. The predicted octanol–water partition coefficient (Wildman–Crippen LogP) is 5.08. The normalized spacial score (nSPS) is 13.2. The van der Waals surface area contributed by atoms with Gasteiger partial charge in [-0.1, -0.05) is 79.2 Å². The minimum atomic E-state index is 0.0328. The highest BCUT2D eigenvalue weighted by molar-refractivity contribution is 9.10. The van der Waals surface area contributed by atoms with Gasteiger partial charge >= 0.3 is 0 Å². The second-order valence-electron chi connectivity index (χ2n) is 5.63. The number of likely N-dealkylation sites (N-methyl/N-ethyl adjacent to an activating group) is 1. The van der Waals surface area contributed by atoms with Crippen molar-refractivity contribution in [2.75, 3.05) is 6.54 Å². The first-order valence-corrected chi connectivity index (χ1v) is 7.89. The van der Waals surface area contributed by atoms with E-state index in [1.54, 1.807) is 0 Å². The molecule has 1 nitrogen and oxygen atoms in total. The van der Waals surface area contributed by atoms with Crippen LogP contribution >= 0.6 is 15.9 Å². The summed E-state index contributed by atoms with van der Waals surface area (Å²) in [6.07, 6.45) is 0.